The molecule has 0 aromatic heterocycles. The van der Waals surface area contributed by atoms with Crippen LogP contribution in [0.4, 0.5) is 16.2 Å². The molecular weight excluding hydrogens is 330 g/mol. The third-order valence-corrected chi connectivity index (χ3v) is 3.63. The van der Waals surface area contributed by atoms with Crippen LogP contribution in [0.5, 0.6) is 5.75 Å². The largest absolute Gasteiger partial charge is 0.491 e. The smallest absolute Gasteiger partial charge is 0.319 e. The van der Waals surface area contributed by atoms with E-state index in [1.54, 1.807) is 24.3 Å². The van der Waals surface area contributed by atoms with Gasteiger partial charge in [-0.05, 0) is 35.7 Å². The molecule has 26 heavy (non-hydrogen) atoms. The average molecular weight is 355 g/mol. The number of anilines is 2. The van der Waals surface area contributed by atoms with Crippen LogP contribution < -0.4 is 20.7 Å². The second kappa shape index (κ2) is 9.46. The van der Waals surface area contributed by atoms with Crippen molar-refractivity contribution in [1.82, 2.24) is 5.32 Å². The van der Waals surface area contributed by atoms with Crippen LogP contribution in [-0.2, 0) is 4.79 Å². The van der Waals surface area contributed by atoms with Crippen molar-refractivity contribution in [3.63, 3.8) is 0 Å². The zero-order chi connectivity index (χ0) is 18.9. The number of para-hydroxylation sites is 1. The number of carbonyl (C=O) groups is 2. The lowest BCUT2D eigenvalue weighted by Gasteiger charge is -2.14. The molecule has 0 aliphatic rings. The van der Waals surface area contributed by atoms with Gasteiger partial charge in [-0.25, -0.2) is 4.79 Å². The summed E-state index contributed by atoms with van der Waals surface area (Å²) in [5, 5.41) is 8.15. The first kappa shape index (κ1) is 19.3. The fourth-order valence-electron chi connectivity index (χ4n) is 2.47. The molecule has 2 rings (SSSR count). The predicted molar refractivity (Wildman–Crippen MR) is 104 cm³/mol. The maximum absolute atomic E-state index is 12.0. The van der Waals surface area contributed by atoms with Crippen molar-refractivity contribution in [2.45, 2.75) is 26.7 Å². The fraction of sp³-hybridized carbons (Fsp3) is 0.300. The lowest BCUT2D eigenvalue weighted by molar-refractivity contribution is -0.114. The second-order valence-electron chi connectivity index (χ2n) is 6.18. The molecular formula is C20H25N3O3. The van der Waals surface area contributed by atoms with Crippen LogP contribution >= 0.6 is 0 Å². The number of hydrogen-bond donors (Lipinski definition) is 3. The summed E-state index contributed by atoms with van der Waals surface area (Å²) < 4.78 is 5.77. The lowest BCUT2D eigenvalue weighted by atomic mass is 10.0. The minimum atomic E-state index is -0.328. The summed E-state index contributed by atoms with van der Waals surface area (Å²) in [4.78, 5) is 23.0. The Labute approximate surface area is 153 Å². The van der Waals surface area contributed by atoms with E-state index in [-0.39, 0.29) is 11.9 Å². The summed E-state index contributed by atoms with van der Waals surface area (Å²) in [5.74, 6) is 1.05. The molecule has 0 aliphatic heterocycles. The highest BCUT2D eigenvalue weighted by Crippen LogP contribution is 2.25. The van der Waals surface area contributed by atoms with E-state index in [9.17, 15) is 9.59 Å². The minimum Gasteiger partial charge on any atom is -0.491 e. The molecule has 0 heterocycles. The zero-order valence-corrected chi connectivity index (χ0v) is 15.3. The van der Waals surface area contributed by atoms with Gasteiger partial charge in [-0.2, -0.15) is 0 Å². The molecule has 3 amide bonds. The molecule has 0 atom stereocenters. The van der Waals surface area contributed by atoms with Crippen molar-refractivity contribution < 1.29 is 14.3 Å². The predicted octanol–water partition coefficient (Wildman–Crippen LogP) is 3.97. The van der Waals surface area contributed by atoms with Gasteiger partial charge in [0, 0.05) is 18.3 Å². The third-order valence-electron chi connectivity index (χ3n) is 3.63. The van der Waals surface area contributed by atoms with Crippen molar-refractivity contribution in [3.05, 3.63) is 54.1 Å². The van der Waals surface area contributed by atoms with E-state index in [1.807, 2.05) is 24.3 Å². The molecule has 0 saturated heterocycles. The molecule has 0 bridgehead atoms. The normalized spacial score (nSPS) is 10.3. The van der Waals surface area contributed by atoms with Gasteiger partial charge in [-0.3, -0.25) is 4.79 Å². The van der Waals surface area contributed by atoms with Gasteiger partial charge >= 0.3 is 6.03 Å². The van der Waals surface area contributed by atoms with Crippen molar-refractivity contribution in [3.8, 4) is 5.75 Å². The Morgan fingerprint density at radius 3 is 2.38 bits per heavy atom. The number of urea groups is 1. The molecule has 0 fully saturated rings. The van der Waals surface area contributed by atoms with Crippen LogP contribution in [0.2, 0.25) is 0 Å². The topological polar surface area (TPSA) is 79.5 Å². The Morgan fingerprint density at radius 1 is 1.00 bits per heavy atom. The molecule has 0 unspecified atom stereocenters. The van der Waals surface area contributed by atoms with Crippen LogP contribution in [0.25, 0.3) is 0 Å². The molecule has 0 aliphatic carbocycles. The van der Waals surface area contributed by atoms with Crippen molar-refractivity contribution in [2.75, 3.05) is 23.8 Å². The highest BCUT2D eigenvalue weighted by molar-refractivity contribution is 5.92. The van der Waals surface area contributed by atoms with Crippen LogP contribution in [0.15, 0.2) is 48.5 Å². The molecule has 2 aromatic carbocycles. The van der Waals surface area contributed by atoms with Crippen molar-refractivity contribution in [1.29, 1.82) is 0 Å². The van der Waals surface area contributed by atoms with E-state index in [4.69, 9.17) is 4.74 Å². The van der Waals surface area contributed by atoms with E-state index in [0.29, 0.717) is 30.4 Å². The molecule has 6 nitrogen and oxygen atoms in total. The van der Waals surface area contributed by atoms with Crippen LogP contribution in [0, 0.1) is 0 Å². The van der Waals surface area contributed by atoms with Gasteiger partial charge in [0.25, 0.3) is 0 Å². The number of ether oxygens (including phenoxy) is 1. The van der Waals surface area contributed by atoms with E-state index >= 15 is 0 Å². The van der Waals surface area contributed by atoms with E-state index in [1.165, 1.54) is 6.92 Å². The first-order valence-electron chi connectivity index (χ1n) is 8.60. The monoisotopic (exact) mass is 355 g/mol. The summed E-state index contributed by atoms with van der Waals surface area (Å²) in [7, 11) is 0. The standard InChI is InChI=1S/C20H25N3O3/c1-14(2)18-9-4-5-10-19(18)26-12-11-21-20(25)23-17-8-6-7-16(13-17)22-15(3)24/h4-10,13-14H,11-12H2,1-3H3,(H,22,24)(H2,21,23,25). The quantitative estimate of drug-likeness (QED) is 0.658. The van der Waals surface area contributed by atoms with Gasteiger partial charge in [-0.15, -0.1) is 0 Å². The number of benzene rings is 2. The van der Waals surface area contributed by atoms with E-state index in [0.717, 1.165) is 11.3 Å². The van der Waals surface area contributed by atoms with Gasteiger partial charge in [0.15, 0.2) is 0 Å². The summed E-state index contributed by atoms with van der Waals surface area (Å²) in [6.07, 6.45) is 0. The van der Waals surface area contributed by atoms with Crippen molar-refractivity contribution >= 4 is 23.3 Å². The third kappa shape index (κ3) is 6.12. The number of hydrogen-bond acceptors (Lipinski definition) is 3. The summed E-state index contributed by atoms with van der Waals surface area (Å²) in [6, 6.07) is 14.5. The van der Waals surface area contributed by atoms with Gasteiger partial charge in [0.1, 0.15) is 12.4 Å². The van der Waals surface area contributed by atoms with E-state index < -0.39 is 0 Å². The minimum absolute atomic E-state index is 0.162. The van der Waals surface area contributed by atoms with Crippen LogP contribution in [0.1, 0.15) is 32.3 Å². The lowest BCUT2D eigenvalue weighted by Crippen LogP contribution is -2.32. The number of carbonyl (C=O) groups excluding carboxylic acids is 2. The summed E-state index contributed by atoms with van der Waals surface area (Å²) in [6.45, 7) is 6.42. The fourth-order valence-corrected chi connectivity index (χ4v) is 2.47. The first-order chi connectivity index (χ1) is 12.5. The van der Waals surface area contributed by atoms with Gasteiger partial charge in [0.2, 0.25) is 5.91 Å². The maximum Gasteiger partial charge on any atom is 0.319 e. The zero-order valence-electron chi connectivity index (χ0n) is 15.3. The molecule has 3 N–H and O–H groups in total. The number of nitrogens with one attached hydrogen (secondary N) is 3. The molecule has 0 spiro atoms. The highest BCUT2D eigenvalue weighted by Gasteiger charge is 2.07. The molecule has 0 saturated carbocycles. The Morgan fingerprint density at radius 2 is 1.69 bits per heavy atom. The number of rotatable bonds is 7. The van der Waals surface area contributed by atoms with Gasteiger partial charge in [0.05, 0.1) is 6.54 Å². The Hall–Kier alpha value is -3.02. The summed E-state index contributed by atoms with van der Waals surface area (Å²) in [5.41, 5.74) is 2.37. The van der Waals surface area contributed by atoms with Crippen molar-refractivity contribution in [2.24, 2.45) is 0 Å². The summed E-state index contributed by atoms with van der Waals surface area (Å²) >= 11 is 0. The SMILES string of the molecule is CC(=O)Nc1cccc(NC(=O)NCCOc2ccccc2C(C)C)c1. The Bertz CT molecular complexity index is 759. The maximum atomic E-state index is 12.0. The molecule has 6 heteroatoms. The average Bonchev–Trinajstić information content (AvgIpc) is 2.58. The first-order valence-corrected chi connectivity index (χ1v) is 8.60. The van der Waals surface area contributed by atoms with Gasteiger partial charge in [-0.1, -0.05) is 38.1 Å². The molecule has 0 radical (unpaired) electrons. The molecule has 138 valence electrons. The highest BCUT2D eigenvalue weighted by atomic mass is 16.5. The molecule has 2 aromatic rings. The van der Waals surface area contributed by atoms with Crippen LogP contribution in [0.3, 0.4) is 0 Å². The van der Waals surface area contributed by atoms with Crippen LogP contribution in [-0.4, -0.2) is 25.1 Å². The van der Waals surface area contributed by atoms with Gasteiger partial charge < -0.3 is 20.7 Å². The Balaban J connectivity index is 1.78. The number of amides is 3. The van der Waals surface area contributed by atoms with E-state index in [2.05, 4.69) is 29.8 Å². The Kier molecular flexibility index (Phi) is 7.02. The second-order valence-corrected chi connectivity index (χ2v) is 6.18.